The number of hydrogen-bond donors (Lipinski definition) is 2. The summed E-state index contributed by atoms with van der Waals surface area (Å²) in [7, 11) is -2.08. The molecule has 0 saturated carbocycles. The lowest BCUT2D eigenvalue weighted by atomic mass is 10.1. The molecule has 0 bridgehead atoms. The summed E-state index contributed by atoms with van der Waals surface area (Å²) in [5, 5.41) is 6.30. The number of sulfone groups is 1. The van der Waals surface area contributed by atoms with Crippen molar-refractivity contribution in [3.05, 3.63) is 66.0 Å². The zero-order valence-electron chi connectivity index (χ0n) is 17.8. The van der Waals surface area contributed by atoms with Crippen LogP contribution in [-0.2, 0) is 9.84 Å². The highest BCUT2D eigenvalue weighted by atomic mass is 32.2. The van der Waals surface area contributed by atoms with Crippen molar-refractivity contribution in [2.24, 2.45) is 4.99 Å². The number of nitrogens with one attached hydrogen (secondary N) is 2. The molecular weight excluding hydrogens is 403 g/mol. The molecule has 8 heteroatoms. The highest BCUT2D eigenvalue weighted by Gasteiger charge is 2.20. The van der Waals surface area contributed by atoms with E-state index in [-0.39, 0.29) is 23.2 Å². The first kappa shape index (κ1) is 23.8. The molecule has 6 nitrogen and oxygen atoms in total. The molecular formula is C22H31FN4O2S. The minimum Gasteiger partial charge on any atom is -0.355 e. The van der Waals surface area contributed by atoms with E-state index in [2.05, 4.69) is 46.5 Å². The van der Waals surface area contributed by atoms with Crippen molar-refractivity contribution >= 4 is 15.8 Å². The van der Waals surface area contributed by atoms with Gasteiger partial charge in [0.15, 0.2) is 15.8 Å². The summed E-state index contributed by atoms with van der Waals surface area (Å²) in [6.45, 7) is 6.80. The van der Waals surface area contributed by atoms with Crippen LogP contribution in [0.25, 0.3) is 0 Å². The van der Waals surface area contributed by atoms with Gasteiger partial charge in [0, 0.05) is 20.1 Å². The Hall–Kier alpha value is -2.45. The second-order valence-corrected chi connectivity index (χ2v) is 8.85. The molecule has 0 aliphatic carbocycles. The number of likely N-dealkylation sites (N-methyl/N-ethyl adjacent to an activating group) is 1. The molecule has 0 aromatic heterocycles. The summed E-state index contributed by atoms with van der Waals surface area (Å²) in [5.41, 5.74) is 1.20. The summed E-state index contributed by atoms with van der Waals surface area (Å²) < 4.78 is 38.6. The van der Waals surface area contributed by atoms with E-state index in [4.69, 9.17) is 0 Å². The molecule has 0 spiro atoms. The molecule has 1 unspecified atom stereocenters. The summed E-state index contributed by atoms with van der Waals surface area (Å²) in [6.07, 6.45) is 0. The molecule has 0 aliphatic heterocycles. The number of hydrogen-bond acceptors (Lipinski definition) is 4. The van der Waals surface area contributed by atoms with Crippen LogP contribution < -0.4 is 10.6 Å². The molecule has 0 amide bonds. The predicted molar refractivity (Wildman–Crippen MR) is 120 cm³/mol. The van der Waals surface area contributed by atoms with Gasteiger partial charge in [-0.25, -0.2) is 12.8 Å². The number of guanidine groups is 1. The van der Waals surface area contributed by atoms with Crippen LogP contribution in [0.1, 0.15) is 25.5 Å². The van der Waals surface area contributed by atoms with Crippen LogP contribution in [0, 0.1) is 5.82 Å². The number of aliphatic imine (C=N–C) groups is 1. The SMILES string of the molecule is CCN(CC)C(CNC(=NC)NCCS(=O)(=O)c1ccccc1F)c1ccccc1. The van der Waals surface area contributed by atoms with Crippen molar-refractivity contribution in [3.63, 3.8) is 0 Å². The molecule has 0 fully saturated rings. The number of nitrogens with zero attached hydrogens (tertiary/aromatic N) is 2. The highest BCUT2D eigenvalue weighted by molar-refractivity contribution is 7.91. The minimum atomic E-state index is -3.72. The van der Waals surface area contributed by atoms with Crippen molar-refractivity contribution in [2.75, 3.05) is 39.0 Å². The molecule has 0 aliphatic rings. The van der Waals surface area contributed by atoms with Crippen LogP contribution in [0.2, 0.25) is 0 Å². The third kappa shape index (κ3) is 6.53. The lowest BCUT2D eigenvalue weighted by Gasteiger charge is -2.30. The van der Waals surface area contributed by atoms with Gasteiger partial charge in [-0.2, -0.15) is 0 Å². The molecule has 2 N–H and O–H groups in total. The van der Waals surface area contributed by atoms with Crippen LogP contribution >= 0.6 is 0 Å². The summed E-state index contributed by atoms with van der Waals surface area (Å²) in [5.74, 6) is -0.455. The van der Waals surface area contributed by atoms with E-state index < -0.39 is 15.7 Å². The molecule has 0 saturated heterocycles. The molecule has 30 heavy (non-hydrogen) atoms. The third-order valence-corrected chi connectivity index (χ3v) is 6.70. The van der Waals surface area contributed by atoms with E-state index in [1.165, 1.54) is 23.8 Å². The first-order chi connectivity index (χ1) is 14.4. The van der Waals surface area contributed by atoms with Gasteiger partial charge in [0.2, 0.25) is 0 Å². The Kier molecular flexibility index (Phi) is 9.26. The van der Waals surface area contributed by atoms with Crippen LogP contribution in [-0.4, -0.2) is 58.3 Å². The Morgan fingerprint density at radius 2 is 1.67 bits per heavy atom. The summed E-state index contributed by atoms with van der Waals surface area (Å²) >= 11 is 0. The maximum Gasteiger partial charge on any atom is 0.191 e. The smallest absolute Gasteiger partial charge is 0.191 e. The monoisotopic (exact) mass is 434 g/mol. The molecule has 2 rings (SSSR count). The molecule has 2 aromatic carbocycles. The molecule has 2 aromatic rings. The summed E-state index contributed by atoms with van der Waals surface area (Å²) in [4.78, 5) is 6.25. The van der Waals surface area contributed by atoms with E-state index in [0.717, 1.165) is 19.2 Å². The van der Waals surface area contributed by atoms with Crippen molar-refractivity contribution in [1.29, 1.82) is 0 Å². The van der Waals surface area contributed by atoms with E-state index in [1.54, 1.807) is 7.05 Å². The zero-order chi connectivity index (χ0) is 22.0. The van der Waals surface area contributed by atoms with Crippen molar-refractivity contribution in [2.45, 2.75) is 24.8 Å². The Morgan fingerprint density at radius 1 is 1.03 bits per heavy atom. The maximum absolute atomic E-state index is 13.8. The van der Waals surface area contributed by atoms with Gasteiger partial charge >= 0.3 is 0 Å². The Balaban J connectivity index is 1.97. The van der Waals surface area contributed by atoms with E-state index >= 15 is 0 Å². The van der Waals surface area contributed by atoms with Gasteiger partial charge in [0.1, 0.15) is 10.7 Å². The third-order valence-electron chi connectivity index (χ3n) is 4.96. The van der Waals surface area contributed by atoms with Crippen molar-refractivity contribution in [1.82, 2.24) is 15.5 Å². The first-order valence-corrected chi connectivity index (χ1v) is 11.8. The highest BCUT2D eigenvalue weighted by Crippen LogP contribution is 2.19. The van der Waals surface area contributed by atoms with E-state index in [1.807, 2.05) is 18.2 Å². The van der Waals surface area contributed by atoms with Crippen LogP contribution in [0.3, 0.4) is 0 Å². The van der Waals surface area contributed by atoms with Gasteiger partial charge in [-0.3, -0.25) is 9.89 Å². The fraction of sp³-hybridized carbons (Fsp3) is 0.409. The fourth-order valence-electron chi connectivity index (χ4n) is 3.32. The van der Waals surface area contributed by atoms with Crippen LogP contribution in [0.15, 0.2) is 64.5 Å². The number of rotatable bonds is 10. The Labute approximate surface area is 179 Å². The van der Waals surface area contributed by atoms with Crippen molar-refractivity contribution in [3.8, 4) is 0 Å². The Bertz CT molecular complexity index is 916. The fourth-order valence-corrected chi connectivity index (χ4v) is 4.56. The lowest BCUT2D eigenvalue weighted by Crippen LogP contribution is -2.44. The number of benzene rings is 2. The normalized spacial score (nSPS) is 13.3. The minimum absolute atomic E-state index is 0.123. The molecule has 164 valence electrons. The topological polar surface area (TPSA) is 73.8 Å². The number of halogens is 1. The first-order valence-electron chi connectivity index (χ1n) is 10.1. The average molecular weight is 435 g/mol. The zero-order valence-corrected chi connectivity index (χ0v) is 18.6. The van der Waals surface area contributed by atoms with E-state index in [9.17, 15) is 12.8 Å². The van der Waals surface area contributed by atoms with Gasteiger partial charge in [-0.15, -0.1) is 0 Å². The van der Waals surface area contributed by atoms with Gasteiger partial charge in [-0.05, 0) is 30.8 Å². The van der Waals surface area contributed by atoms with Crippen LogP contribution in [0.4, 0.5) is 4.39 Å². The molecule has 1 atom stereocenters. The molecule has 0 radical (unpaired) electrons. The van der Waals surface area contributed by atoms with Gasteiger partial charge in [0.05, 0.1) is 11.8 Å². The van der Waals surface area contributed by atoms with E-state index in [0.29, 0.717) is 12.5 Å². The molecule has 0 heterocycles. The quantitative estimate of drug-likeness (QED) is 0.444. The Morgan fingerprint density at radius 3 is 2.27 bits per heavy atom. The average Bonchev–Trinajstić information content (AvgIpc) is 2.76. The lowest BCUT2D eigenvalue weighted by molar-refractivity contribution is 0.219. The second kappa shape index (κ2) is 11.7. The second-order valence-electron chi connectivity index (χ2n) is 6.78. The van der Waals surface area contributed by atoms with Crippen molar-refractivity contribution < 1.29 is 12.8 Å². The van der Waals surface area contributed by atoms with Gasteiger partial charge in [0.25, 0.3) is 0 Å². The van der Waals surface area contributed by atoms with Gasteiger partial charge < -0.3 is 10.6 Å². The standard InChI is InChI=1S/C22H31FN4O2S/c1-4-27(5-2)20(18-11-7-6-8-12-18)17-26-22(24-3)25-15-16-30(28,29)21-14-10-9-13-19(21)23/h6-14,20H,4-5,15-17H2,1-3H3,(H2,24,25,26). The maximum atomic E-state index is 13.8. The predicted octanol–water partition coefficient (Wildman–Crippen LogP) is 2.85. The van der Waals surface area contributed by atoms with Gasteiger partial charge in [-0.1, -0.05) is 56.3 Å². The summed E-state index contributed by atoms with van der Waals surface area (Å²) in [6, 6.07) is 15.8. The van der Waals surface area contributed by atoms with Crippen LogP contribution in [0.5, 0.6) is 0 Å². The largest absolute Gasteiger partial charge is 0.355 e.